The number of non-ortho nitro benzene ring substituents is 1. The van der Waals surface area contributed by atoms with E-state index in [4.69, 9.17) is 11.6 Å². The maximum Gasteiger partial charge on any atom is 0.280 e. The van der Waals surface area contributed by atoms with E-state index in [-0.39, 0.29) is 11.2 Å². The molecule has 3 aromatic rings. The molecule has 3 rings (SSSR count). The van der Waals surface area contributed by atoms with Gasteiger partial charge in [-0.05, 0) is 49.7 Å². The molecule has 2 aromatic carbocycles. The average Bonchev–Trinajstić information content (AvgIpc) is 3.08. The Morgan fingerprint density at radius 3 is 2.48 bits per heavy atom. The van der Waals surface area contributed by atoms with Crippen molar-refractivity contribution in [3.8, 4) is 5.69 Å². The molecule has 0 saturated heterocycles. The third-order valence-electron chi connectivity index (χ3n) is 4.67. The molecule has 9 heteroatoms. The van der Waals surface area contributed by atoms with Crippen molar-refractivity contribution in [2.24, 2.45) is 4.99 Å². The molecule has 1 heterocycles. The summed E-state index contributed by atoms with van der Waals surface area (Å²) in [6, 6.07) is 13.5. The lowest BCUT2D eigenvalue weighted by atomic mass is 10.1. The van der Waals surface area contributed by atoms with Crippen molar-refractivity contribution in [2.45, 2.75) is 31.6 Å². The highest BCUT2D eigenvalue weighted by Crippen LogP contribution is 2.20. The minimum atomic E-state index is -0.464. The fourth-order valence-corrected chi connectivity index (χ4v) is 4.05. The summed E-state index contributed by atoms with van der Waals surface area (Å²) in [4.78, 5) is 29.3. The van der Waals surface area contributed by atoms with Crippen LogP contribution in [-0.2, 0) is 6.42 Å². The van der Waals surface area contributed by atoms with Gasteiger partial charge in [0.05, 0.1) is 16.2 Å². The first kappa shape index (κ1) is 22.8. The van der Waals surface area contributed by atoms with E-state index < -0.39 is 4.92 Å². The van der Waals surface area contributed by atoms with Gasteiger partial charge in [0.15, 0.2) is 0 Å². The van der Waals surface area contributed by atoms with Crippen molar-refractivity contribution < 1.29 is 4.92 Å². The topological polar surface area (TPSA) is 93.3 Å². The predicted molar refractivity (Wildman–Crippen MR) is 126 cm³/mol. The van der Waals surface area contributed by atoms with E-state index in [9.17, 15) is 14.9 Å². The highest BCUT2D eigenvalue weighted by atomic mass is 35.5. The number of aromatic amines is 1. The van der Waals surface area contributed by atoms with Gasteiger partial charge in [-0.3, -0.25) is 25.0 Å². The molecule has 0 spiro atoms. The van der Waals surface area contributed by atoms with Crippen molar-refractivity contribution in [3.63, 3.8) is 0 Å². The smallest absolute Gasteiger partial charge is 0.280 e. The van der Waals surface area contributed by atoms with Gasteiger partial charge in [0.25, 0.3) is 11.2 Å². The zero-order chi connectivity index (χ0) is 22.4. The van der Waals surface area contributed by atoms with Crippen molar-refractivity contribution in [3.05, 3.63) is 85.3 Å². The molecule has 0 atom stereocenters. The Bertz CT molecular complexity index is 1140. The fraction of sp³-hybridized carbons (Fsp3) is 0.273. The van der Waals surface area contributed by atoms with Gasteiger partial charge in [-0.2, -0.15) is 0 Å². The van der Waals surface area contributed by atoms with Gasteiger partial charge in [0.1, 0.15) is 0 Å². The monoisotopic (exact) mass is 458 g/mol. The zero-order valence-electron chi connectivity index (χ0n) is 17.3. The number of H-pyrrole nitrogens is 1. The predicted octanol–water partition coefficient (Wildman–Crippen LogP) is 5.28. The molecule has 0 aliphatic heterocycles. The molecular weight excluding hydrogens is 436 g/mol. The summed E-state index contributed by atoms with van der Waals surface area (Å²) in [5.74, 6) is 0.781. The number of aromatic nitrogens is 2. The Kier molecular flexibility index (Phi) is 7.70. The summed E-state index contributed by atoms with van der Waals surface area (Å²) in [6.45, 7) is 4.46. The third kappa shape index (κ3) is 5.65. The Hall–Kier alpha value is -2.84. The fourth-order valence-electron chi connectivity index (χ4n) is 3.18. The minimum Gasteiger partial charge on any atom is -0.294 e. The van der Waals surface area contributed by atoms with Crippen LogP contribution in [0.25, 0.3) is 5.69 Å². The Labute approximate surface area is 189 Å². The summed E-state index contributed by atoms with van der Waals surface area (Å²) < 4.78 is 1.42. The average molecular weight is 459 g/mol. The van der Waals surface area contributed by atoms with Gasteiger partial charge in [0.2, 0.25) is 0 Å². The summed E-state index contributed by atoms with van der Waals surface area (Å²) in [6.07, 6.45) is 1.57. The van der Waals surface area contributed by atoms with E-state index in [1.54, 1.807) is 23.9 Å². The summed E-state index contributed by atoms with van der Waals surface area (Å²) >= 11 is 7.59. The van der Waals surface area contributed by atoms with Gasteiger partial charge in [-0.1, -0.05) is 24.9 Å². The van der Waals surface area contributed by atoms with Crippen LogP contribution in [-0.4, -0.2) is 32.7 Å². The highest BCUT2D eigenvalue weighted by molar-refractivity contribution is 7.99. The molecule has 0 radical (unpaired) electrons. The van der Waals surface area contributed by atoms with Crippen LogP contribution in [0.3, 0.4) is 0 Å². The van der Waals surface area contributed by atoms with E-state index in [0.29, 0.717) is 35.0 Å². The van der Waals surface area contributed by atoms with E-state index in [1.807, 2.05) is 38.1 Å². The van der Waals surface area contributed by atoms with Crippen LogP contribution < -0.4 is 5.56 Å². The quantitative estimate of drug-likeness (QED) is 0.155. The first-order chi connectivity index (χ1) is 14.9. The summed E-state index contributed by atoms with van der Waals surface area (Å²) in [5, 5.41) is 14.7. The van der Waals surface area contributed by atoms with E-state index >= 15 is 0 Å². The maximum absolute atomic E-state index is 13.1. The number of halogens is 1. The molecule has 0 saturated carbocycles. The number of aliphatic imine (C=N–C) groups is 1. The number of aryl methyl sites for hydroxylation is 1. The zero-order valence-corrected chi connectivity index (χ0v) is 18.9. The van der Waals surface area contributed by atoms with Gasteiger partial charge in [0, 0.05) is 45.8 Å². The molecule has 0 fully saturated rings. The van der Waals surface area contributed by atoms with E-state index in [1.165, 1.54) is 16.8 Å². The van der Waals surface area contributed by atoms with E-state index in [2.05, 4.69) is 10.1 Å². The second-order valence-corrected chi connectivity index (χ2v) is 8.50. The second-order valence-electron chi connectivity index (χ2n) is 6.90. The Balaban J connectivity index is 1.80. The Morgan fingerprint density at radius 1 is 1.19 bits per heavy atom. The third-order valence-corrected chi connectivity index (χ3v) is 5.91. The van der Waals surface area contributed by atoms with E-state index in [0.717, 1.165) is 22.8 Å². The van der Waals surface area contributed by atoms with Crippen molar-refractivity contribution in [2.75, 3.05) is 12.3 Å². The van der Waals surface area contributed by atoms with Crippen molar-refractivity contribution in [1.82, 2.24) is 9.78 Å². The molecule has 0 amide bonds. The number of hydrogen-bond acceptors (Lipinski definition) is 5. The molecule has 162 valence electrons. The number of rotatable bonds is 9. The molecule has 31 heavy (non-hydrogen) atoms. The number of benzene rings is 2. The lowest BCUT2D eigenvalue weighted by Crippen LogP contribution is -2.20. The summed E-state index contributed by atoms with van der Waals surface area (Å²) in [7, 11) is 0. The van der Waals surface area contributed by atoms with Crippen molar-refractivity contribution in [1.29, 1.82) is 0 Å². The molecule has 0 bridgehead atoms. The second kappa shape index (κ2) is 10.5. The SMILES string of the molecule is CCCc1[nH]n(-c2ccc([N+](=O)[O-])cc2)c(=O)c1C(C)=NCCSc1ccc(Cl)cc1. The molecular formula is C22H23ClN4O3S. The van der Waals surface area contributed by atoms with Crippen LogP contribution in [0.4, 0.5) is 5.69 Å². The largest absolute Gasteiger partial charge is 0.294 e. The number of thioether (sulfide) groups is 1. The first-order valence-corrected chi connectivity index (χ1v) is 11.3. The Morgan fingerprint density at radius 2 is 1.87 bits per heavy atom. The van der Waals surface area contributed by atoms with Gasteiger partial charge < -0.3 is 0 Å². The van der Waals surface area contributed by atoms with Gasteiger partial charge in [-0.15, -0.1) is 11.8 Å². The van der Waals surface area contributed by atoms with Crippen LogP contribution in [0, 0.1) is 10.1 Å². The number of nitro groups is 1. The van der Waals surface area contributed by atoms with Crippen molar-refractivity contribution >= 4 is 34.8 Å². The normalized spacial score (nSPS) is 11.6. The van der Waals surface area contributed by atoms with Crippen LogP contribution in [0.15, 0.2) is 63.2 Å². The number of nitro benzene ring substituents is 1. The number of hydrogen-bond donors (Lipinski definition) is 1. The van der Waals surface area contributed by atoms with Crippen LogP contribution >= 0.6 is 23.4 Å². The van der Waals surface area contributed by atoms with Crippen LogP contribution in [0.5, 0.6) is 0 Å². The standard InChI is InChI=1S/C22H23ClN4O3S/c1-3-4-20-21(15(2)24-13-14-31-19-11-5-16(23)6-12-19)22(28)26(25-20)17-7-9-18(10-8-17)27(29)30/h5-12,25H,3-4,13-14H2,1-2H3. The number of nitrogens with zero attached hydrogens (tertiary/aromatic N) is 3. The maximum atomic E-state index is 13.1. The first-order valence-electron chi connectivity index (χ1n) is 9.89. The summed E-state index contributed by atoms with van der Waals surface area (Å²) in [5.41, 5.74) is 2.39. The molecule has 1 N–H and O–H groups in total. The molecule has 1 aromatic heterocycles. The van der Waals surface area contributed by atoms with Crippen LogP contribution in [0.1, 0.15) is 31.5 Å². The molecule has 0 unspecified atom stereocenters. The van der Waals surface area contributed by atoms with Gasteiger partial charge in [-0.25, -0.2) is 4.68 Å². The molecule has 7 nitrogen and oxygen atoms in total. The van der Waals surface area contributed by atoms with Crippen LogP contribution in [0.2, 0.25) is 5.02 Å². The number of nitrogens with one attached hydrogen (secondary N) is 1. The molecule has 0 aliphatic rings. The van der Waals surface area contributed by atoms with Gasteiger partial charge >= 0.3 is 0 Å². The highest BCUT2D eigenvalue weighted by Gasteiger charge is 2.17. The minimum absolute atomic E-state index is 0.0201. The lowest BCUT2D eigenvalue weighted by molar-refractivity contribution is -0.384. The lowest BCUT2D eigenvalue weighted by Gasteiger charge is -2.02. The molecule has 0 aliphatic carbocycles.